The molecule has 0 atom stereocenters. The number of carbonyl (C=O) groups excluding carboxylic acids is 1. The number of rotatable bonds is 9. The van der Waals surface area contributed by atoms with Gasteiger partial charge in [0.25, 0.3) is 0 Å². The predicted molar refractivity (Wildman–Crippen MR) is 119 cm³/mol. The van der Waals surface area contributed by atoms with Crippen molar-refractivity contribution in [3.8, 4) is 0 Å². The second kappa shape index (κ2) is 12.0. The molecule has 1 heterocycles. The molecular weight excluding hydrogens is 417 g/mol. The van der Waals surface area contributed by atoms with Crippen LogP contribution >= 0.6 is 0 Å². The Morgan fingerprint density at radius 3 is 2.50 bits per heavy atom. The highest BCUT2D eigenvalue weighted by Gasteiger charge is 2.31. The van der Waals surface area contributed by atoms with Crippen LogP contribution in [0.2, 0.25) is 0 Å². The quantitative estimate of drug-likeness (QED) is 0.510. The van der Waals surface area contributed by atoms with Crippen molar-refractivity contribution in [2.45, 2.75) is 75.9 Å². The first-order chi connectivity index (χ1) is 15.3. The Labute approximate surface area is 189 Å². The fourth-order valence-electron chi connectivity index (χ4n) is 5.10. The number of amides is 1. The molecule has 4 nitrogen and oxygen atoms in total. The van der Waals surface area contributed by atoms with Gasteiger partial charge in [0.15, 0.2) is 0 Å². The van der Waals surface area contributed by atoms with Crippen LogP contribution in [0.3, 0.4) is 0 Å². The van der Waals surface area contributed by atoms with Gasteiger partial charge in [0.05, 0.1) is 5.56 Å². The average Bonchev–Trinajstić information content (AvgIpc) is 2.79. The number of piperidine rings is 1. The van der Waals surface area contributed by atoms with E-state index in [9.17, 15) is 18.0 Å². The van der Waals surface area contributed by atoms with Gasteiger partial charge in [-0.15, -0.1) is 0 Å². The topological polar surface area (TPSA) is 41.6 Å². The van der Waals surface area contributed by atoms with Crippen LogP contribution < -0.4 is 5.32 Å². The minimum absolute atomic E-state index is 0.133. The number of halogens is 3. The molecule has 2 fully saturated rings. The third-order valence-corrected chi connectivity index (χ3v) is 7.09. The van der Waals surface area contributed by atoms with Crippen LogP contribution in [-0.4, -0.2) is 50.2 Å². The predicted octanol–water partition coefficient (Wildman–Crippen LogP) is 5.38. The van der Waals surface area contributed by atoms with Crippen LogP contribution in [0.1, 0.15) is 74.8 Å². The first-order valence-electron chi connectivity index (χ1n) is 12.0. The van der Waals surface area contributed by atoms with E-state index in [2.05, 4.69) is 10.2 Å². The van der Waals surface area contributed by atoms with Crippen LogP contribution in [0.25, 0.3) is 0 Å². The highest BCUT2D eigenvalue weighted by Crippen LogP contribution is 2.34. The molecular formula is C25H37F3N2O2. The van der Waals surface area contributed by atoms with Gasteiger partial charge in [0.2, 0.25) is 5.91 Å². The van der Waals surface area contributed by atoms with Gasteiger partial charge in [-0.25, -0.2) is 0 Å². The Morgan fingerprint density at radius 2 is 1.84 bits per heavy atom. The molecule has 2 aliphatic rings. The molecule has 1 amide bonds. The number of likely N-dealkylation sites (tertiary alicyclic amines) is 1. The SMILES string of the molecule is COCCCC(=O)NC1CCC(CCN2CCC(c3cccc(C(F)(F)F)c3)CC2)CC1. The second-order valence-corrected chi connectivity index (χ2v) is 9.41. The van der Waals surface area contributed by atoms with Crippen molar-refractivity contribution in [2.24, 2.45) is 5.92 Å². The maximum absolute atomic E-state index is 13.0. The highest BCUT2D eigenvalue weighted by molar-refractivity contribution is 5.76. The van der Waals surface area contributed by atoms with E-state index in [1.54, 1.807) is 7.11 Å². The number of benzene rings is 1. The van der Waals surface area contributed by atoms with Gasteiger partial charge in [-0.1, -0.05) is 18.2 Å². The summed E-state index contributed by atoms with van der Waals surface area (Å²) in [5.41, 5.74) is 0.279. The average molecular weight is 455 g/mol. The first-order valence-corrected chi connectivity index (χ1v) is 12.0. The molecule has 0 spiro atoms. The van der Waals surface area contributed by atoms with Gasteiger partial charge in [-0.2, -0.15) is 13.2 Å². The van der Waals surface area contributed by atoms with Crippen LogP contribution in [0, 0.1) is 5.92 Å². The Balaban J connectivity index is 1.33. The smallest absolute Gasteiger partial charge is 0.385 e. The molecule has 3 rings (SSSR count). The van der Waals surface area contributed by atoms with E-state index in [0.717, 1.165) is 76.2 Å². The zero-order chi connectivity index (χ0) is 23.0. The summed E-state index contributed by atoms with van der Waals surface area (Å²) in [6, 6.07) is 6.16. The van der Waals surface area contributed by atoms with Gasteiger partial charge in [-0.3, -0.25) is 4.79 Å². The lowest BCUT2D eigenvalue weighted by atomic mass is 9.83. The molecule has 1 saturated carbocycles. The highest BCUT2D eigenvalue weighted by atomic mass is 19.4. The molecule has 1 saturated heterocycles. The van der Waals surface area contributed by atoms with Crippen molar-refractivity contribution < 1.29 is 22.7 Å². The van der Waals surface area contributed by atoms with Crippen molar-refractivity contribution >= 4 is 5.91 Å². The standard InChI is InChI=1S/C25H37F3N2O2/c1-32-17-3-6-24(31)29-23-9-7-19(8-10-23)11-14-30-15-12-20(13-16-30)21-4-2-5-22(18-21)25(26,27)28/h2,4-5,18-20,23H,3,6-17H2,1H3,(H,29,31). The number of nitrogens with one attached hydrogen (secondary N) is 1. The van der Waals surface area contributed by atoms with Crippen LogP contribution in [0.15, 0.2) is 24.3 Å². The summed E-state index contributed by atoms with van der Waals surface area (Å²) in [6.07, 6.45) is 4.45. The van der Waals surface area contributed by atoms with Crippen molar-refractivity contribution in [3.05, 3.63) is 35.4 Å². The number of carbonyl (C=O) groups is 1. The van der Waals surface area contributed by atoms with Gasteiger partial charge in [0, 0.05) is 26.2 Å². The lowest BCUT2D eigenvalue weighted by Crippen LogP contribution is -2.38. The largest absolute Gasteiger partial charge is 0.416 e. The summed E-state index contributed by atoms with van der Waals surface area (Å²) in [4.78, 5) is 14.4. The zero-order valence-electron chi connectivity index (χ0n) is 19.1. The molecule has 0 unspecified atom stereocenters. The summed E-state index contributed by atoms with van der Waals surface area (Å²) in [7, 11) is 1.65. The Morgan fingerprint density at radius 1 is 1.12 bits per heavy atom. The molecule has 0 bridgehead atoms. The Kier molecular flexibility index (Phi) is 9.41. The minimum Gasteiger partial charge on any atom is -0.385 e. The molecule has 180 valence electrons. The number of hydrogen-bond donors (Lipinski definition) is 1. The molecule has 1 aliphatic carbocycles. The van der Waals surface area contributed by atoms with E-state index in [1.807, 2.05) is 6.07 Å². The summed E-state index contributed by atoms with van der Waals surface area (Å²) >= 11 is 0. The fraction of sp³-hybridized carbons (Fsp3) is 0.720. The summed E-state index contributed by atoms with van der Waals surface area (Å²) in [5.74, 6) is 1.06. The van der Waals surface area contributed by atoms with E-state index < -0.39 is 11.7 Å². The van der Waals surface area contributed by atoms with E-state index in [4.69, 9.17) is 4.74 Å². The van der Waals surface area contributed by atoms with Crippen molar-refractivity contribution in [1.82, 2.24) is 10.2 Å². The van der Waals surface area contributed by atoms with Crippen molar-refractivity contribution in [3.63, 3.8) is 0 Å². The molecule has 0 aromatic heterocycles. The molecule has 32 heavy (non-hydrogen) atoms. The van der Waals surface area contributed by atoms with E-state index in [1.165, 1.54) is 18.6 Å². The summed E-state index contributed by atoms with van der Waals surface area (Å²) < 4.78 is 44.0. The molecule has 7 heteroatoms. The Bertz CT molecular complexity index is 709. The zero-order valence-corrected chi connectivity index (χ0v) is 19.1. The molecule has 0 radical (unpaired) electrons. The molecule has 1 aromatic rings. The third-order valence-electron chi connectivity index (χ3n) is 7.09. The second-order valence-electron chi connectivity index (χ2n) is 9.41. The first kappa shape index (κ1) is 25.0. The van der Waals surface area contributed by atoms with E-state index >= 15 is 0 Å². The Hall–Kier alpha value is -1.60. The van der Waals surface area contributed by atoms with Crippen molar-refractivity contribution in [2.75, 3.05) is 33.4 Å². The van der Waals surface area contributed by atoms with Crippen LogP contribution in [0.4, 0.5) is 13.2 Å². The maximum Gasteiger partial charge on any atom is 0.416 e. The van der Waals surface area contributed by atoms with Gasteiger partial charge in [0.1, 0.15) is 0 Å². The van der Waals surface area contributed by atoms with Gasteiger partial charge >= 0.3 is 6.18 Å². The van der Waals surface area contributed by atoms with Crippen LogP contribution in [-0.2, 0) is 15.7 Å². The van der Waals surface area contributed by atoms with Gasteiger partial charge < -0.3 is 15.0 Å². The normalized spacial score (nSPS) is 23.2. The monoisotopic (exact) mass is 454 g/mol. The fourth-order valence-corrected chi connectivity index (χ4v) is 5.10. The molecule has 1 N–H and O–H groups in total. The summed E-state index contributed by atoms with van der Waals surface area (Å²) in [5, 5.41) is 3.16. The maximum atomic E-state index is 13.0. The number of alkyl halides is 3. The van der Waals surface area contributed by atoms with Crippen LogP contribution in [0.5, 0.6) is 0 Å². The number of hydrogen-bond acceptors (Lipinski definition) is 3. The van der Waals surface area contributed by atoms with Gasteiger partial charge in [-0.05, 0) is 94.5 Å². The van der Waals surface area contributed by atoms with E-state index in [0.29, 0.717) is 25.0 Å². The van der Waals surface area contributed by atoms with E-state index in [-0.39, 0.29) is 11.8 Å². The lowest BCUT2D eigenvalue weighted by molar-refractivity contribution is -0.137. The number of ether oxygens (including phenoxy) is 1. The molecule has 1 aromatic carbocycles. The number of methoxy groups -OCH3 is 1. The minimum atomic E-state index is -4.28. The molecule has 1 aliphatic heterocycles. The van der Waals surface area contributed by atoms with Crippen molar-refractivity contribution in [1.29, 1.82) is 0 Å². The third kappa shape index (κ3) is 7.77. The number of nitrogens with zero attached hydrogens (tertiary/aromatic N) is 1. The summed E-state index contributed by atoms with van der Waals surface area (Å²) in [6.45, 7) is 3.59. The lowest BCUT2D eigenvalue weighted by Gasteiger charge is -2.34.